The molecule has 1 heterocycles. The molecule has 1 aromatic rings. The van der Waals surface area contributed by atoms with Crippen LogP contribution in [0.1, 0.15) is 54.1 Å². The maximum atomic E-state index is 12.4. The van der Waals surface area contributed by atoms with Crippen molar-refractivity contribution in [3.05, 3.63) is 21.9 Å². The number of aryl methyl sites for hydroxylation is 1. The van der Waals surface area contributed by atoms with Gasteiger partial charge in [-0.2, -0.15) is 0 Å². The molecule has 2 rings (SSSR count). The van der Waals surface area contributed by atoms with E-state index in [0.29, 0.717) is 12.5 Å². The Labute approximate surface area is 119 Å². The van der Waals surface area contributed by atoms with Gasteiger partial charge in [0.05, 0.1) is 10.4 Å². The topological polar surface area (TPSA) is 55.1 Å². The lowest BCUT2D eigenvalue weighted by molar-refractivity contribution is 0.0817. The van der Waals surface area contributed by atoms with E-state index in [1.54, 1.807) is 11.3 Å². The molecular formula is C15H24N2OS. The summed E-state index contributed by atoms with van der Waals surface area (Å²) < 4.78 is 0. The molecule has 3 nitrogen and oxygen atoms in total. The first kappa shape index (κ1) is 14.5. The molecule has 19 heavy (non-hydrogen) atoms. The van der Waals surface area contributed by atoms with Crippen molar-refractivity contribution in [1.82, 2.24) is 5.32 Å². The largest absolute Gasteiger partial charge is 0.344 e. The van der Waals surface area contributed by atoms with Crippen molar-refractivity contribution in [3.63, 3.8) is 0 Å². The quantitative estimate of drug-likeness (QED) is 0.891. The highest BCUT2D eigenvalue weighted by molar-refractivity contribution is 7.14. The van der Waals surface area contributed by atoms with Crippen LogP contribution in [-0.2, 0) is 6.42 Å². The first-order chi connectivity index (χ1) is 9.11. The maximum Gasteiger partial charge on any atom is 0.261 e. The van der Waals surface area contributed by atoms with Gasteiger partial charge >= 0.3 is 0 Å². The minimum absolute atomic E-state index is 0.0453. The number of carbonyl (C=O) groups is 1. The second-order valence-corrected chi connectivity index (χ2v) is 6.75. The summed E-state index contributed by atoms with van der Waals surface area (Å²) in [5.74, 6) is 0.504. The zero-order valence-electron chi connectivity index (χ0n) is 11.9. The number of hydrogen-bond acceptors (Lipinski definition) is 3. The van der Waals surface area contributed by atoms with Gasteiger partial charge in [-0.05, 0) is 37.3 Å². The van der Waals surface area contributed by atoms with Crippen LogP contribution in [0.3, 0.4) is 0 Å². The van der Waals surface area contributed by atoms with Gasteiger partial charge in [0.25, 0.3) is 5.91 Å². The number of nitrogens with two attached hydrogens (primary N) is 1. The van der Waals surface area contributed by atoms with E-state index in [1.165, 1.54) is 11.3 Å². The third kappa shape index (κ3) is 3.00. The van der Waals surface area contributed by atoms with Gasteiger partial charge in [-0.1, -0.05) is 26.7 Å². The molecule has 1 fully saturated rings. The molecule has 3 N–H and O–H groups in total. The predicted octanol–water partition coefficient (Wildman–Crippen LogP) is 2.95. The standard InChI is InChI=1S/C15H24N2OS/c1-3-12-7-8-13(19-12)14(18)17-15(10-16)9-5-4-6-11(15)2/h7-8,11H,3-6,9-10,16H2,1-2H3,(H,17,18). The molecule has 0 aliphatic heterocycles. The molecule has 1 aliphatic carbocycles. The van der Waals surface area contributed by atoms with Gasteiger partial charge in [0.2, 0.25) is 0 Å². The van der Waals surface area contributed by atoms with E-state index in [-0.39, 0.29) is 11.4 Å². The van der Waals surface area contributed by atoms with Crippen molar-refractivity contribution in [1.29, 1.82) is 0 Å². The number of amides is 1. The number of carbonyl (C=O) groups excluding carboxylic acids is 1. The van der Waals surface area contributed by atoms with Crippen LogP contribution in [0.5, 0.6) is 0 Å². The van der Waals surface area contributed by atoms with E-state index in [1.807, 2.05) is 12.1 Å². The Balaban J connectivity index is 2.11. The van der Waals surface area contributed by atoms with Crippen LogP contribution < -0.4 is 11.1 Å². The summed E-state index contributed by atoms with van der Waals surface area (Å²) in [6, 6.07) is 3.97. The fourth-order valence-corrected chi connectivity index (χ4v) is 3.77. The lowest BCUT2D eigenvalue weighted by atomic mass is 9.73. The normalized spacial score (nSPS) is 27.2. The fourth-order valence-electron chi connectivity index (χ4n) is 2.93. The fraction of sp³-hybridized carbons (Fsp3) is 0.667. The maximum absolute atomic E-state index is 12.4. The van der Waals surface area contributed by atoms with Crippen molar-refractivity contribution < 1.29 is 4.79 Å². The first-order valence-corrected chi connectivity index (χ1v) is 8.04. The summed E-state index contributed by atoms with van der Waals surface area (Å²) in [6.45, 7) is 4.85. The summed E-state index contributed by atoms with van der Waals surface area (Å²) in [5, 5.41) is 3.23. The molecule has 2 atom stereocenters. The van der Waals surface area contributed by atoms with Crippen LogP contribution in [0.2, 0.25) is 0 Å². The van der Waals surface area contributed by atoms with Crippen LogP contribution in [0, 0.1) is 5.92 Å². The van der Waals surface area contributed by atoms with Gasteiger partial charge < -0.3 is 11.1 Å². The Hall–Kier alpha value is -0.870. The van der Waals surface area contributed by atoms with Gasteiger partial charge in [-0.25, -0.2) is 0 Å². The van der Waals surface area contributed by atoms with Crippen molar-refractivity contribution >= 4 is 17.2 Å². The third-order valence-corrected chi connectivity index (χ3v) is 5.64. The molecule has 0 bridgehead atoms. The van der Waals surface area contributed by atoms with Gasteiger partial charge in [-0.3, -0.25) is 4.79 Å². The Morgan fingerprint density at radius 1 is 1.53 bits per heavy atom. The van der Waals surface area contributed by atoms with E-state index in [9.17, 15) is 4.79 Å². The van der Waals surface area contributed by atoms with Crippen molar-refractivity contribution in [2.75, 3.05) is 6.54 Å². The smallest absolute Gasteiger partial charge is 0.261 e. The van der Waals surface area contributed by atoms with Crippen LogP contribution in [0.15, 0.2) is 12.1 Å². The molecule has 0 saturated heterocycles. The van der Waals surface area contributed by atoms with Gasteiger partial charge in [0.15, 0.2) is 0 Å². The molecule has 1 saturated carbocycles. The highest BCUT2D eigenvalue weighted by atomic mass is 32.1. The molecule has 0 aromatic carbocycles. The van der Waals surface area contributed by atoms with Crippen LogP contribution in [0.4, 0.5) is 0 Å². The van der Waals surface area contributed by atoms with Crippen LogP contribution in [0.25, 0.3) is 0 Å². The molecule has 1 aliphatic rings. The number of rotatable bonds is 4. The predicted molar refractivity (Wildman–Crippen MR) is 80.6 cm³/mol. The summed E-state index contributed by atoms with van der Waals surface area (Å²) in [5.41, 5.74) is 5.77. The zero-order chi connectivity index (χ0) is 13.9. The Bertz CT molecular complexity index is 443. The average Bonchev–Trinajstić information content (AvgIpc) is 2.90. The zero-order valence-corrected chi connectivity index (χ0v) is 12.7. The highest BCUT2D eigenvalue weighted by Gasteiger charge is 2.38. The lowest BCUT2D eigenvalue weighted by Gasteiger charge is -2.42. The molecule has 0 radical (unpaired) electrons. The third-order valence-electron chi connectivity index (χ3n) is 4.41. The van der Waals surface area contributed by atoms with Crippen molar-refractivity contribution in [2.24, 2.45) is 11.7 Å². The summed E-state index contributed by atoms with van der Waals surface area (Å²) >= 11 is 1.59. The SMILES string of the molecule is CCc1ccc(C(=O)NC2(CN)CCCCC2C)s1. The van der Waals surface area contributed by atoms with E-state index >= 15 is 0 Å². The van der Waals surface area contributed by atoms with Gasteiger partial charge in [-0.15, -0.1) is 11.3 Å². The van der Waals surface area contributed by atoms with E-state index in [2.05, 4.69) is 19.2 Å². The summed E-state index contributed by atoms with van der Waals surface area (Å²) in [6.07, 6.45) is 5.55. The first-order valence-electron chi connectivity index (χ1n) is 7.22. The van der Waals surface area contributed by atoms with Gasteiger partial charge in [0.1, 0.15) is 0 Å². The molecule has 4 heteroatoms. The van der Waals surface area contributed by atoms with E-state index in [4.69, 9.17) is 5.73 Å². The van der Waals surface area contributed by atoms with E-state index in [0.717, 1.165) is 30.6 Å². The van der Waals surface area contributed by atoms with Crippen molar-refractivity contribution in [3.8, 4) is 0 Å². The Kier molecular flexibility index (Phi) is 4.63. The molecule has 2 unspecified atom stereocenters. The monoisotopic (exact) mass is 280 g/mol. The molecule has 1 aromatic heterocycles. The lowest BCUT2D eigenvalue weighted by Crippen LogP contribution is -2.59. The molecular weight excluding hydrogens is 256 g/mol. The second-order valence-electron chi connectivity index (χ2n) is 5.58. The summed E-state index contributed by atoms with van der Waals surface area (Å²) in [7, 11) is 0. The van der Waals surface area contributed by atoms with Crippen LogP contribution >= 0.6 is 11.3 Å². The number of hydrogen-bond donors (Lipinski definition) is 2. The van der Waals surface area contributed by atoms with Crippen molar-refractivity contribution in [2.45, 2.75) is 51.5 Å². The second kappa shape index (κ2) is 6.06. The summed E-state index contributed by atoms with van der Waals surface area (Å²) in [4.78, 5) is 14.5. The number of nitrogens with one attached hydrogen (secondary N) is 1. The molecule has 1 amide bonds. The molecule has 0 spiro atoms. The Morgan fingerprint density at radius 3 is 2.89 bits per heavy atom. The average molecular weight is 280 g/mol. The minimum atomic E-state index is -0.203. The van der Waals surface area contributed by atoms with E-state index < -0.39 is 0 Å². The highest BCUT2D eigenvalue weighted by Crippen LogP contribution is 2.33. The Morgan fingerprint density at radius 2 is 2.32 bits per heavy atom. The number of thiophene rings is 1. The van der Waals surface area contributed by atoms with Crippen LogP contribution in [-0.4, -0.2) is 18.0 Å². The van der Waals surface area contributed by atoms with Gasteiger partial charge in [0, 0.05) is 11.4 Å². The minimum Gasteiger partial charge on any atom is -0.344 e. The molecule has 106 valence electrons.